The average Bonchev–Trinajstić information content (AvgIpc) is 3.47. The molecule has 0 aliphatic rings. The zero-order chi connectivity index (χ0) is 24.0. The lowest BCUT2D eigenvalue weighted by atomic mass is 10.0. The number of anilines is 1. The second-order valence-corrected chi connectivity index (χ2v) is 7.20. The molecule has 0 unspecified atom stereocenters. The number of furan rings is 1. The van der Waals surface area contributed by atoms with Crippen LogP contribution in [0.25, 0.3) is 17.2 Å². The van der Waals surface area contributed by atoms with E-state index in [4.69, 9.17) is 8.94 Å². The number of nitrogens with one attached hydrogen (secondary N) is 1. The molecule has 0 radical (unpaired) electrons. The van der Waals surface area contributed by atoms with E-state index in [2.05, 4.69) is 15.6 Å². The molecule has 1 aromatic carbocycles. The van der Waals surface area contributed by atoms with Crippen LogP contribution in [0, 0.1) is 6.92 Å². The van der Waals surface area contributed by atoms with Gasteiger partial charge in [0.2, 0.25) is 5.76 Å². The van der Waals surface area contributed by atoms with Crippen LogP contribution in [-0.4, -0.2) is 20.8 Å². The summed E-state index contributed by atoms with van der Waals surface area (Å²) in [5.41, 5.74) is -2.35. The van der Waals surface area contributed by atoms with Crippen LogP contribution >= 0.6 is 0 Å². The fourth-order valence-corrected chi connectivity index (χ4v) is 3.05. The maximum Gasteiger partial charge on any atom is 0.418 e. The molecule has 0 saturated heterocycles. The van der Waals surface area contributed by atoms with E-state index in [9.17, 15) is 26.7 Å². The second-order valence-electron chi connectivity index (χ2n) is 7.20. The van der Waals surface area contributed by atoms with Crippen molar-refractivity contribution in [3.8, 4) is 17.2 Å². The van der Waals surface area contributed by atoms with Crippen LogP contribution in [0.5, 0.6) is 0 Å². The first-order valence-electron chi connectivity index (χ1n) is 9.41. The van der Waals surface area contributed by atoms with Crippen LogP contribution in [0.15, 0.2) is 57.8 Å². The van der Waals surface area contributed by atoms with Gasteiger partial charge in [-0.3, -0.25) is 4.79 Å². The molecule has 3 heterocycles. The minimum absolute atomic E-state index is 0.0978. The molecule has 3 aromatic heterocycles. The quantitative estimate of drug-likeness (QED) is 0.375. The number of amides is 1. The van der Waals surface area contributed by atoms with E-state index in [-0.39, 0.29) is 22.8 Å². The van der Waals surface area contributed by atoms with Crippen molar-refractivity contribution < 1.29 is 35.7 Å². The summed E-state index contributed by atoms with van der Waals surface area (Å²) in [5.74, 6) is -3.59. The first kappa shape index (κ1) is 22.2. The number of nitrogens with zero attached hydrogens (tertiary/aromatic N) is 3. The molecule has 0 atom stereocenters. The zero-order valence-corrected chi connectivity index (χ0v) is 17.1. The van der Waals surface area contributed by atoms with E-state index in [1.807, 2.05) is 0 Å². The fourth-order valence-electron chi connectivity index (χ4n) is 3.05. The molecule has 1 N–H and O–H groups in total. The molecule has 0 fully saturated rings. The maximum absolute atomic E-state index is 13.6. The lowest BCUT2D eigenvalue weighted by Crippen LogP contribution is -2.15. The molecule has 4 rings (SSSR count). The molecular weight excluding hydrogens is 451 g/mol. The van der Waals surface area contributed by atoms with Crippen molar-refractivity contribution in [3.63, 3.8) is 0 Å². The Morgan fingerprint density at radius 3 is 2.48 bits per heavy atom. The number of rotatable bonds is 5. The highest BCUT2D eigenvalue weighted by atomic mass is 19.4. The summed E-state index contributed by atoms with van der Waals surface area (Å²) in [6.07, 6.45) is -2.35. The van der Waals surface area contributed by atoms with Crippen molar-refractivity contribution in [1.29, 1.82) is 0 Å². The molecule has 0 bridgehead atoms. The summed E-state index contributed by atoms with van der Waals surface area (Å²) in [4.78, 5) is 12.5. The van der Waals surface area contributed by atoms with Gasteiger partial charge in [-0.05, 0) is 31.2 Å². The van der Waals surface area contributed by atoms with Gasteiger partial charge < -0.3 is 14.3 Å². The molecule has 0 spiro atoms. The number of aryl methyl sites for hydroxylation is 1. The number of halogens is 5. The molecular formula is C21H15F5N4O3. The monoisotopic (exact) mass is 466 g/mol. The van der Waals surface area contributed by atoms with Gasteiger partial charge in [-0.25, -0.2) is 13.5 Å². The van der Waals surface area contributed by atoms with Crippen molar-refractivity contribution >= 4 is 11.6 Å². The van der Waals surface area contributed by atoms with Crippen molar-refractivity contribution in [2.75, 3.05) is 5.32 Å². The Hall–Kier alpha value is -3.96. The van der Waals surface area contributed by atoms with Gasteiger partial charge in [0, 0.05) is 18.6 Å². The van der Waals surface area contributed by atoms with Gasteiger partial charge in [0.1, 0.15) is 0 Å². The third-order valence-corrected chi connectivity index (χ3v) is 4.71. The molecule has 0 saturated carbocycles. The van der Waals surface area contributed by atoms with Gasteiger partial charge in [0.15, 0.2) is 11.5 Å². The summed E-state index contributed by atoms with van der Waals surface area (Å²) < 4.78 is 78.9. The number of hydrogen-bond acceptors (Lipinski definition) is 5. The van der Waals surface area contributed by atoms with E-state index in [1.165, 1.54) is 19.3 Å². The van der Waals surface area contributed by atoms with Gasteiger partial charge in [-0.15, -0.1) is 0 Å². The molecule has 12 heteroatoms. The minimum Gasteiger partial charge on any atom is -0.461 e. The summed E-state index contributed by atoms with van der Waals surface area (Å²) in [5, 5.41) is 10.1. The zero-order valence-electron chi connectivity index (χ0n) is 17.1. The number of hydrogen-bond donors (Lipinski definition) is 1. The Morgan fingerprint density at radius 1 is 1.09 bits per heavy atom. The van der Waals surface area contributed by atoms with Gasteiger partial charge in [-0.1, -0.05) is 11.2 Å². The highest BCUT2D eigenvalue weighted by Crippen LogP contribution is 2.38. The Bertz CT molecular complexity index is 1300. The van der Waals surface area contributed by atoms with E-state index >= 15 is 0 Å². The fraction of sp³-hybridized carbons (Fsp3) is 0.190. The van der Waals surface area contributed by atoms with Crippen molar-refractivity contribution in [1.82, 2.24) is 14.9 Å². The predicted molar refractivity (Wildman–Crippen MR) is 105 cm³/mol. The lowest BCUT2D eigenvalue weighted by Gasteiger charge is -2.17. The summed E-state index contributed by atoms with van der Waals surface area (Å²) in [6.45, 7) is 1.97. The van der Waals surface area contributed by atoms with Crippen LogP contribution in [0.3, 0.4) is 0 Å². The third kappa shape index (κ3) is 4.49. The number of carbonyl (C=O) groups excluding carboxylic acids is 1. The molecule has 7 nitrogen and oxygen atoms in total. The first-order valence-corrected chi connectivity index (χ1v) is 9.41. The van der Waals surface area contributed by atoms with Gasteiger partial charge in [-0.2, -0.15) is 18.3 Å². The largest absolute Gasteiger partial charge is 0.461 e. The Labute approximate surface area is 182 Å². The van der Waals surface area contributed by atoms with Crippen LogP contribution in [0.2, 0.25) is 0 Å². The van der Waals surface area contributed by atoms with E-state index in [1.54, 1.807) is 12.1 Å². The lowest BCUT2D eigenvalue weighted by molar-refractivity contribution is -0.137. The minimum atomic E-state index is -4.91. The van der Waals surface area contributed by atoms with Crippen LogP contribution in [-0.2, 0) is 12.1 Å². The van der Waals surface area contributed by atoms with E-state index < -0.39 is 34.8 Å². The van der Waals surface area contributed by atoms with Crippen molar-refractivity contribution in [2.45, 2.75) is 25.9 Å². The van der Waals surface area contributed by atoms with Gasteiger partial charge >= 0.3 is 6.18 Å². The predicted octanol–water partition coefficient (Wildman–Crippen LogP) is 5.81. The molecule has 0 aliphatic heterocycles. The topological polar surface area (TPSA) is 86.1 Å². The molecule has 4 aromatic rings. The number of benzene rings is 1. The molecule has 33 heavy (non-hydrogen) atoms. The highest BCUT2D eigenvalue weighted by Gasteiger charge is 2.37. The van der Waals surface area contributed by atoms with E-state index in [0.717, 1.165) is 23.0 Å². The smallest absolute Gasteiger partial charge is 0.418 e. The van der Waals surface area contributed by atoms with Crippen molar-refractivity contribution in [2.24, 2.45) is 0 Å². The van der Waals surface area contributed by atoms with Crippen LogP contribution in [0.4, 0.5) is 27.6 Å². The summed E-state index contributed by atoms with van der Waals surface area (Å²) >= 11 is 0. The second kappa shape index (κ2) is 7.87. The first-order chi connectivity index (χ1) is 15.4. The standard InChI is InChI=1S/C21H15F5N4O3/c1-11-15(27-19(31)14-9-18(33-29-14)17-4-3-7-32-17)10-30(28-11)16-6-5-12(20(2,22)23)8-13(16)21(24,25)26/h3-10H,1-2H3,(H,27,31). The normalized spacial score (nSPS) is 12.2. The third-order valence-electron chi connectivity index (χ3n) is 4.71. The Morgan fingerprint density at radius 2 is 1.85 bits per heavy atom. The number of carbonyl (C=O) groups is 1. The summed E-state index contributed by atoms with van der Waals surface area (Å²) in [7, 11) is 0. The van der Waals surface area contributed by atoms with Crippen LogP contribution in [0.1, 0.15) is 34.2 Å². The molecule has 172 valence electrons. The maximum atomic E-state index is 13.6. The number of aromatic nitrogens is 3. The average molecular weight is 466 g/mol. The Balaban J connectivity index is 1.63. The Kier molecular flexibility index (Phi) is 5.30. The van der Waals surface area contributed by atoms with E-state index in [0.29, 0.717) is 18.8 Å². The number of alkyl halides is 5. The SMILES string of the molecule is Cc1nn(-c2ccc(C(C)(F)F)cc2C(F)(F)F)cc1NC(=O)c1cc(-c2ccco2)on1. The summed E-state index contributed by atoms with van der Waals surface area (Å²) in [6, 6.07) is 6.74. The van der Waals surface area contributed by atoms with Crippen LogP contribution < -0.4 is 5.32 Å². The van der Waals surface area contributed by atoms with Crippen molar-refractivity contribution in [3.05, 3.63) is 71.4 Å². The highest BCUT2D eigenvalue weighted by molar-refractivity contribution is 6.03. The molecule has 0 aliphatic carbocycles. The van der Waals surface area contributed by atoms with Gasteiger partial charge in [0.25, 0.3) is 11.8 Å². The molecule has 1 amide bonds. The van der Waals surface area contributed by atoms with Gasteiger partial charge in [0.05, 0.1) is 35.1 Å².